The summed E-state index contributed by atoms with van der Waals surface area (Å²) in [5.74, 6) is 0.701. The fourth-order valence-electron chi connectivity index (χ4n) is 2.39. The SMILES string of the molecule is CC(CC(C)OC(C)C)CN1CCOCC1.OS. The number of hydrogen-bond acceptors (Lipinski definition) is 5. The van der Waals surface area contributed by atoms with Crippen LogP contribution < -0.4 is 0 Å². The van der Waals surface area contributed by atoms with Gasteiger partial charge in [-0.3, -0.25) is 4.90 Å². The topological polar surface area (TPSA) is 41.9 Å². The van der Waals surface area contributed by atoms with Crippen molar-refractivity contribution in [1.82, 2.24) is 4.90 Å². The van der Waals surface area contributed by atoms with Gasteiger partial charge in [0.2, 0.25) is 0 Å². The van der Waals surface area contributed by atoms with E-state index in [1.807, 2.05) is 0 Å². The Hall–Kier alpha value is 0.190. The molecule has 0 spiro atoms. The van der Waals surface area contributed by atoms with Crippen molar-refractivity contribution >= 4 is 12.9 Å². The van der Waals surface area contributed by atoms with Gasteiger partial charge in [0.05, 0.1) is 25.4 Å². The van der Waals surface area contributed by atoms with Crippen molar-refractivity contribution in [2.75, 3.05) is 32.8 Å². The molecule has 5 heteroatoms. The first-order valence-electron chi connectivity index (χ1n) is 6.73. The fourth-order valence-corrected chi connectivity index (χ4v) is 2.39. The van der Waals surface area contributed by atoms with Crippen molar-refractivity contribution in [2.45, 2.75) is 46.3 Å². The highest BCUT2D eigenvalue weighted by atomic mass is 32.1. The largest absolute Gasteiger partial charge is 0.379 e. The van der Waals surface area contributed by atoms with E-state index in [-0.39, 0.29) is 0 Å². The van der Waals surface area contributed by atoms with E-state index in [1.54, 1.807) is 0 Å². The molecular weight excluding hydrogens is 250 g/mol. The van der Waals surface area contributed by atoms with Gasteiger partial charge in [-0.15, -0.1) is 0 Å². The highest BCUT2D eigenvalue weighted by Crippen LogP contribution is 2.13. The van der Waals surface area contributed by atoms with E-state index in [4.69, 9.17) is 14.0 Å². The summed E-state index contributed by atoms with van der Waals surface area (Å²) in [4.78, 5) is 2.50. The van der Waals surface area contributed by atoms with Crippen LogP contribution in [-0.4, -0.2) is 54.5 Å². The Morgan fingerprint density at radius 2 is 1.72 bits per heavy atom. The number of rotatable bonds is 6. The zero-order valence-corrected chi connectivity index (χ0v) is 13.0. The van der Waals surface area contributed by atoms with E-state index < -0.39 is 0 Å². The van der Waals surface area contributed by atoms with Crippen molar-refractivity contribution in [3.05, 3.63) is 0 Å². The number of hydrogen-bond donors (Lipinski definition) is 2. The Morgan fingerprint density at radius 3 is 2.22 bits per heavy atom. The minimum atomic E-state index is 0.339. The van der Waals surface area contributed by atoms with E-state index in [0.29, 0.717) is 18.1 Å². The van der Waals surface area contributed by atoms with Crippen molar-refractivity contribution < 1.29 is 14.0 Å². The summed E-state index contributed by atoms with van der Waals surface area (Å²) in [6, 6.07) is 0. The van der Waals surface area contributed by atoms with E-state index in [1.165, 1.54) is 6.54 Å². The van der Waals surface area contributed by atoms with Crippen LogP contribution in [0.4, 0.5) is 0 Å². The third-order valence-corrected chi connectivity index (χ3v) is 2.91. The Labute approximate surface area is 117 Å². The van der Waals surface area contributed by atoms with Crippen molar-refractivity contribution in [3.8, 4) is 0 Å². The molecule has 1 heterocycles. The van der Waals surface area contributed by atoms with Gasteiger partial charge in [-0.2, -0.15) is 0 Å². The number of nitrogens with zero attached hydrogens (tertiary/aromatic N) is 1. The molecule has 1 N–H and O–H groups in total. The van der Waals surface area contributed by atoms with E-state index in [2.05, 4.69) is 45.5 Å². The van der Waals surface area contributed by atoms with Gasteiger partial charge in [-0.25, -0.2) is 0 Å². The maximum Gasteiger partial charge on any atom is 0.0594 e. The lowest BCUT2D eigenvalue weighted by Crippen LogP contribution is -2.39. The number of ether oxygens (including phenoxy) is 2. The summed E-state index contributed by atoms with van der Waals surface area (Å²) >= 11 is 2.53. The third kappa shape index (κ3) is 9.16. The van der Waals surface area contributed by atoms with Crippen LogP contribution in [0.15, 0.2) is 0 Å². The monoisotopic (exact) mass is 279 g/mol. The van der Waals surface area contributed by atoms with Crippen LogP contribution in [0, 0.1) is 5.92 Å². The number of morpholine rings is 1. The van der Waals surface area contributed by atoms with Crippen LogP contribution in [0.3, 0.4) is 0 Å². The minimum absolute atomic E-state index is 0.339. The average Bonchev–Trinajstić information content (AvgIpc) is 2.31. The lowest BCUT2D eigenvalue weighted by Gasteiger charge is -2.30. The summed E-state index contributed by atoms with van der Waals surface area (Å²) in [6.07, 6.45) is 1.86. The third-order valence-electron chi connectivity index (χ3n) is 2.91. The van der Waals surface area contributed by atoms with E-state index >= 15 is 0 Å². The molecule has 0 saturated carbocycles. The van der Waals surface area contributed by atoms with Crippen molar-refractivity contribution in [1.29, 1.82) is 0 Å². The summed E-state index contributed by atoms with van der Waals surface area (Å²) in [5.41, 5.74) is 0. The fraction of sp³-hybridized carbons (Fsp3) is 1.00. The smallest absolute Gasteiger partial charge is 0.0594 e. The molecule has 0 aromatic carbocycles. The maximum atomic E-state index is 6.69. The lowest BCUT2D eigenvalue weighted by atomic mass is 10.0. The van der Waals surface area contributed by atoms with Crippen LogP contribution in [-0.2, 0) is 9.47 Å². The molecule has 0 amide bonds. The summed E-state index contributed by atoms with van der Waals surface area (Å²) in [5, 5.41) is 0. The molecule has 110 valence electrons. The second-order valence-corrected chi connectivity index (χ2v) is 5.25. The maximum absolute atomic E-state index is 6.69. The first-order chi connectivity index (χ1) is 8.58. The molecule has 4 nitrogen and oxygen atoms in total. The zero-order chi connectivity index (χ0) is 14.0. The number of thiol groups is 1. The molecule has 1 fully saturated rings. The molecule has 0 aliphatic carbocycles. The highest BCUT2D eigenvalue weighted by Gasteiger charge is 2.16. The molecular formula is C13H29NO3S. The Morgan fingerprint density at radius 1 is 1.17 bits per heavy atom. The molecule has 2 atom stereocenters. The molecule has 0 radical (unpaired) electrons. The van der Waals surface area contributed by atoms with Gasteiger partial charge in [0, 0.05) is 19.6 Å². The van der Waals surface area contributed by atoms with Crippen LogP contribution in [0.2, 0.25) is 0 Å². The predicted octanol–water partition coefficient (Wildman–Crippen LogP) is 2.55. The highest BCUT2D eigenvalue weighted by molar-refractivity contribution is 7.74. The van der Waals surface area contributed by atoms with Gasteiger partial charge in [0.15, 0.2) is 0 Å². The molecule has 0 bridgehead atoms. The predicted molar refractivity (Wildman–Crippen MR) is 78.3 cm³/mol. The minimum Gasteiger partial charge on any atom is -0.379 e. The van der Waals surface area contributed by atoms with Crippen molar-refractivity contribution in [2.24, 2.45) is 5.92 Å². The van der Waals surface area contributed by atoms with E-state index in [9.17, 15) is 0 Å². The average molecular weight is 279 g/mol. The summed E-state index contributed by atoms with van der Waals surface area (Å²) in [7, 11) is 0. The van der Waals surface area contributed by atoms with Gasteiger partial charge in [0.1, 0.15) is 0 Å². The van der Waals surface area contributed by atoms with Crippen LogP contribution in [0.25, 0.3) is 0 Å². The van der Waals surface area contributed by atoms with Gasteiger partial charge < -0.3 is 14.0 Å². The second kappa shape index (κ2) is 11.1. The molecule has 1 rings (SSSR count). The molecule has 2 unspecified atom stereocenters. The first kappa shape index (κ1) is 18.2. The zero-order valence-electron chi connectivity index (χ0n) is 12.1. The summed E-state index contributed by atoms with van der Waals surface area (Å²) in [6.45, 7) is 13.8. The van der Waals surface area contributed by atoms with E-state index in [0.717, 1.165) is 32.7 Å². The van der Waals surface area contributed by atoms with Gasteiger partial charge in [-0.1, -0.05) is 6.92 Å². The van der Waals surface area contributed by atoms with Gasteiger partial charge in [0.25, 0.3) is 0 Å². The normalized spacial score (nSPS) is 20.2. The van der Waals surface area contributed by atoms with Gasteiger partial charge >= 0.3 is 0 Å². The molecule has 1 saturated heterocycles. The Balaban J connectivity index is 0.00000137. The molecule has 1 aliphatic rings. The van der Waals surface area contributed by atoms with Crippen LogP contribution in [0.1, 0.15) is 34.1 Å². The van der Waals surface area contributed by atoms with Crippen LogP contribution >= 0.6 is 12.9 Å². The Bertz CT molecular complexity index is 187. The molecule has 0 aromatic rings. The Kier molecular flexibility index (Phi) is 11.2. The summed E-state index contributed by atoms with van der Waals surface area (Å²) < 4.78 is 17.8. The second-order valence-electron chi connectivity index (χ2n) is 5.25. The van der Waals surface area contributed by atoms with Crippen molar-refractivity contribution in [3.63, 3.8) is 0 Å². The molecule has 18 heavy (non-hydrogen) atoms. The lowest BCUT2D eigenvalue weighted by molar-refractivity contribution is -0.00333. The standard InChI is InChI=1S/C13H27NO2.H2OS/c1-11(2)16-13(4)9-12(3)10-14-5-7-15-8-6-14;1-2/h11-13H,5-10H2,1-4H3;1-2H. The molecule has 0 aromatic heterocycles. The van der Waals surface area contributed by atoms with Crippen LogP contribution in [0.5, 0.6) is 0 Å². The first-order valence-corrected chi connectivity index (χ1v) is 7.13. The quantitative estimate of drug-likeness (QED) is 0.579. The van der Waals surface area contributed by atoms with Gasteiger partial charge in [-0.05, 0) is 46.0 Å². The molecule has 1 aliphatic heterocycles.